The third kappa shape index (κ3) is 2.89. The van der Waals surface area contributed by atoms with Crippen molar-refractivity contribution < 1.29 is 17.9 Å². The van der Waals surface area contributed by atoms with Gasteiger partial charge in [0.2, 0.25) is 0 Å². The number of ether oxygens (including phenoxy) is 1. The first-order valence-corrected chi connectivity index (χ1v) is 6.80. The fourth-order valence-electron chi connectivity index (χ4n) is 2.70. The van der Waals surface area contributed by atoms with Crippen molar-refractivity contribution in [2.45, 2.75) is 24.4 Å². The molecule has 0 unspecified atom stereocenters. The van der Waals surface area contributed by atoms with Gasteiger partial charge in [0.05, 0.1) is 12.7 Å². The fourth-order valence-corrected chi connectivity index (χ4v) is 2.70. The van der Waals surface area contributed by atoms with Gasteiger partial charge in [-0.25, -0.2) is 0 Å². The molecule has 0 heterocycles. The van der Waals surface area contributed by atoms with Crippen LogP contribution in [-0.4, -0.2) is 7.11 Å². The Morgan fingerprint density at radius 2 is 1.33 bits per heavy atom. The van der Waals surface area contributed by atoms with Crippen molar-refractivity contribution >= 4 is 0 Å². The second-order valence-corrected chi connectivity index (χ2v) is 5.34. The fraction of sp³-hybridized carbons (Fsp3) is 0.294. The number of halogens is 3. The van der Waals surface area contributed by atoms with Gasteiger partial charge in [0.1, 0.15) is 5.75 Å². The molecule has 4 heteroatoms. The van der Waals surface area contributed by atoms with E-state index in [-0.39, 0.29) is 0 Å². The van der Waals surface area contributed by atoms with Crippen LogP contribution in [0.1, 0.15) is 34.9 Å². The summed E-state index contributed by atoms with van der Waals surface area (Å²) in [5.74, 6) is 1.53. The number of hydrogen-bond donors (Lipinski definition) is 0. The molecule has 2 atom stereocenters. The average Bonchev–Trinajstić information content (AvgIpc) is 3.27. The lowest BCUT2D eigenvalue weighted by molar-refractivity contribution is -0.137. The highest BCUT2D eigenvalue weighted by atomic mass is 19.4. The molecule has 0 aliphatic heterocycles. The van der Waals surface area contributed by atoms with E-state index in [4.69, 9.17) is 4.74 Å². The Balaban J connectivity index is 1.72. The molecule has 0 saturated heterocycles. The number of rotatable bonds is 3. The van der Waals surface area contributed by atoms with Crippen LogP contribution >= 0.6 is 0 Å². The van der Waals surface area contributed by atoms with E-state index in [1.165, 1.54) is 17.7 Å². The van der Waals surface area contributed by atoms with Gasteiger partial charge in [-0.2, -0.15) is 13.2 Å². The van der Waals surface area contributed by atoms with Gasteiger partial charge in [-0.3, -0.25) is 0 Å². The normalized spacial score (nSPS) is 21.1. The molecule has 0 spiro atoms. The van der Waals surface area contributed by atoms with Gasteiger partial charge in [-0.15, -0.1) is 0 Å². The van der Waals surface area contributed by atoms with E-state index in [0.717, 1.165) is 17.7 Å². The largest absolute Gasteiger partial charge is 0.497 e. The van der Waals surface area contributed by atoms with Crippen LogP contribution in [0.15, 0.2) is 48.5 Å². The van der Waals surface area contributed by atoms with Crippen LogP contribution in [-0.2, 0) is 6.18 Å². The summed E-state index contributed by atoms with van der Waals surface area (Å²) in [6.45, 7) is 0. The standard InChI is InChI=1S/C17H15F3O/c1-21-14-8-4-12(5-9-14)16-10-15(16)11-2-6-13(7-3-11)17(18,19)20/h2-9,15-16H,10H2,1H3/t15-,16-/m1/s1. The lowest BCUT2D eigenvalue weighted by Crippen LogP contribution is -2.04. The van der Waals surface area contributed by atoms with E-state index in [1.54, 1.807) is 19.2 Å². The zero-order chi connectivity index (χ0) is 15.0. The van der Waals surface area contributed by atoms with E-state index in [0.29, 0.717) is 11.8 Å². The van der Waals surface area contributed by atoms with E-state index in [1.807, 2.05) is 24.3 Å². The van der Waals surface area contributed by atoms with Crippen molar-refractivity contribution in [3.8, 4) is 5.75 Å². The Bertz CT molecular complexity index is 614. The maximum atomic E-state index is 12.5. The first-order valence-electron chi connectivity index (χ1n) is 6.80. The molecule has 2 aromatic carbocycles. The summed E-state index contributed by atoms with van der Waals surface area (Å²) in [7, 11) is 1.62. The Morgan fingerprint density at radius 3 is 1.76 bits per heavy atom. The predicted octanol–water partition coefficient (Wildman–Crippen LogP) is 4.99. The molecule has 0 bridgehead atoms. The van der Waals surface area contributed by atoms with Crippen molar-refractivity contribution in [1.82, 2.24) is 0 Å². The summed E-state index contributed by atoms with van der Waals surface area (Å²) in [6.07, 6.45) is -3.28. The molecule has 0 N–H and O–H groups in total. The number of methoxy groups -OCH3 is 1. The summed E-state index contributed by atoms with van der Waals surface area (Å²) in [5, 5.41) is 0. The minimum Gasteiger partial charge on any atom is -0.497 e. The minimum atomic E-state index is -4.27. The Labute approximate surface area is 121 Å². The summed E-state index contributed by atoms with van der Waals surface area (Å²) in [4.78, 5) is 0. The van der Waals surface area contributed by atoms with Gasteiger partial charge in [0.25, 0.3) is 0 Å². The molecule has 2 aromatic rings. The summed E-state index contributed by atoms with van der Waals surface area (Å²) in [5.41, 5.74) is 1.59. The van der Waals surface area contributed by atoms with E-state index >= 15 is 0 Å². The summed E-state index contributed by atoms with van der Waals surface area (Å²) in [6, 6.07) is 13.4. The van der Waals surface area contributed by atoms with Gasteiger partial charge >= 0.3 is 6.18 Å². The molecule has 0 radical (unpaired) electrons. The molecule has 3 rings (SSSR count). The second-order valence-electron chi connectivity index (χ2n) is 5.34. The topological polar surface area (TPSA) is 9.23 Å². The lowest BCUT2D eigenvalue weighted by Gasteiger charge is -2.07. The molecular weight excluding hydrogens is 277 g/mol. The maximum absolute atomic E-state index is 12.5. The van der Waals surface area contributed by atoms with Crippen LogP contribution in [0.2, 0.25) is 0 Å². The quantitative estimate of drug-likeness (QED) is 0.774. The third-order valence-corrected chi connectivity index (χ3v) is 4.00. The highest BCUT2D eigenvalue weighted by Crippen LogP contribution is 2.54. The summed E-state index contributed by atoms with van der Waals surface area (Å²) >= 11 is 0. The number of hydrogen-bond acceptors (Lipinski definition) is 1. The molecule has 1 fully saturated rings. The lowest BCUT2D eigenvalue weighted by atomic mass is 10.0. The molecule has 0 amide bonds. The van der Waals surface area contributed by atoms with E-state index in [2.05, 4.69) is 0 Å². The third-order valence-electron chi connectivity index (χ3n) is 4.00. The van der Waals surface area contributed by atoms with Crippen molar-refractivity contribution in [3.05, 3.63) is 65.2 Å². The molecule has 110 valence electrons. The first-order chi connectivity index (χ1) is 9.99. The molecule has 1 nitrogen and oxygen atoms in total. The number of alkyl halides is 3. The Kier molecular flexibility index (Phi) is 3.40. The molecule has 1 saturated carbocycles. The summed E-state index contributed by atoms with van der Waals surface area (Å²) < 4.78 is 42.7. The van der Waals surface area contributed by atoms with Crippen molar-refractivity contribution in [2.75, 3.05) is 7.11 Å². The van der Waals surface area contributed by atoms with Gasteiger partial charge in [0.15, 0.2) is 0 Å². The van der Waals surface area contributed by atoms with Crippen LogP contribution < -0.4 is 4.74 Å². The van der Waals surface area contributed by atoms with Crippen LogP contribution in [0.25, 0.3) is 0 Å². The molecule has 1 aliphatic carbocycles. The molecule has 0 aromatic heterocycles. The molecule has 1 aliphatic rings. The number of benzene rings is 2. The smallest absolute Gasteiger partial charge is 0.416 e. The van der Waals surface area contributed by atoms with E-state index in [9.17, 15) is 13.2 Å². The van der Waals surface area contributed by atoms with Crippen LogP contribution in [0, 0.1) is 0 Å². The highest BCUT2D eigenvalue weighted by molar-refractivity contribution is 5.39. The van der Waals surface area contributed by atoms with Gasteiger partial charge in [0, 0.05) is 0 Å². The van der Waals surface area contributed by atoms with Crippen LogP contribution in [0.5, 0.6) is 5.75 Å². The van der Waals surface area contributed by atoms with Crippen LogP contribution in [0.3, 0.4) is 0 Å². The van der Waals surface area contributed by atoms with Crippen LogP contribution in [0.4, 0.5) is 13.2 Å². The zero-order valence-corrected chi connectivity index (χ0v) is 11.5. The van der Waals surface area contributed by atoms with Gasteiger partial charge < -0.3 is 4.74 Å². The predicted molar refractivity (Wildman–Crippen MR) is 74.5 cm³/mol. The SMILES string of the molecule is COc1ccc([C@H]2C[C@@H]2c2ccc(C(F)(F)F)cc2)cc1. The minimum absolute atomic E-state index is 0.320. The van der Waals surface area contributed by atoms with Crippen molar-refractivity contribution in [2.24, 2.45) is 0 Å². The maximum Gasteiger partial charge on any atom is 0.416 e. The highest BCUT2D eigenvalue weighted by Gasteiger charge is 2.39. The average molecular weight is 292 g/mol. The molecule has 21 heavy (non-hydrogen) atoms. The monoisotopic (exact) mass is 292 g/mol. The van der Waals surface area contributed by atoms with E-state index < -0.39 is 11.7 Å². The zero-order valence-electron chi connectivity index (χ0n) is 11.5. The van der Waals surface area contributed by atoms with Gasteiger partial charge in [-0.05, 0) is 53.6 Å². The molecular formula is C17H15F3O. The van der Waals surface area contributed by atoms with Crippen molar-refractivity contribution in [3.63, 3.8) is 0 Å². The first kappa shape index (κ1) is 14.0. The van der Waals surface area contributed by atoms with Crippen molar-refractivity contribution in [1.29, 1.82) is 0 Å². The van der Waals surface area contributed by atoms with Gasteiger partial charge in [-0.1, -0.05) is 24.3 Å². The Morgan fingerprint density at radius 1 is 0.857 bits per heavy atom. The Hall–Kier alpha value is -1.97. The second kappa shape index (κ2) is 5.10.